The fourth-order valence-electron chi connectivity index (χ4n) is 9.45. The Bertz CT molecular complexity index is 3080. The number of benzene rings is 8. The smallest absolute Gasteiger partial charge is 0.154 e. The van der Waals surface area contributed by atoms with Gasteiger partial charge in [-0.3, -0.25) is 0 Å². The Hall–Kier alpha value is -6.88. The molecule has 1 aliphatic carbocycles. The molecule has 2 aromatic heterocycles. The van der Waals surface area contributed by atoms with Crippen LogP contribution in [-0.2, 0) is 5.41 Å². The second kappa shape index (κ2) is 11.6. The predicted molar refractivity (Wildman–Crippen MR) is 229 cm³/mol. The van der Waals surface area contributed by atoms with E-state index in [1.54, 1.807) is 11.3 Å². The summed E-state index contributed by atoms with van der Waals surface area (Å²) in [6.45, 7) is 0. The molecule has 8 aromatic carbocycles. The number of rotatable bonds is 4. The normalized spacial score (nSPS) is 13.6. The van der Waals surface area contributed by atoms with Gasteiger partial charge < -0.3 is 14.2 Å². The van der Waals surface area contributed by atoms with E-state index in [1.807, 2.05) is 0 Å². The van der Waals surface area contributed by atoms with Crippen molar-refractivity contribution in [1.82, 2.24) is 0 Å². The Labute approximate surface area is 322 Å². The van der Waals surface area contributed by atoms with Gasteiger partial charge in [-0.1, -0.05) is 121 Å². The molecule has 0 saturated heterocycles. The number of hydrogen-bond acceptors (Lipinski definition) is 4. The molecule has 12 rings (SSSR count). The average molecular weight is 721 g/mol. The Balaban J connectivity index is 1.14. The van der Waals surface area contributed by atoms with Crippen LogP contribution in [0.2, 0.25) is 0 Å². The number of anilines is 6. The van der Waals surface area contributed by atoms with Gasteiger partial charge in [0.1, 0.15) is 5.58 Å². The van der Waals surface area contributed by atoms with Crippen molar-refractivity contribution in [2.75, 3.05) is 9.80 Å². The van der Waals surface area contributed by atoms with Gasteiger partial charge in [0.2, 0.25) is 0 Å². The highest BCUT2D eigenvalue weighted by molar-refractivity contribution is 7.26. The first-order chi connectivity index (χ1) is 27.3. The van der Waals surface area contributed by atoms with Gasteiger partial charge >= 0.3 is 0 Å². The summed E-state index contributed by atoms with van der Waals surface area (Å²) in [5.41, 5.74) is 15.9. The van der Waals surface area contributed by atoms with Crippen LogP contribution in [0, 0.1) is 0 Å². The molecule has 0 bridgehead atoms. The Morgan fingerprint density at radius 1 is 0.455 bits per heavy atom. The van der Waals surface area contributed by atoms with Crippen LogP contribution in [0.4, 0.5) is 34.1 Å². The van der Waals surface area contributed by atoms with Crippen molar-refractivity contribution < 1.29 is 4.42 Å². The lowest BCUT2D eigenvalue weighted by molar-refractivity contribution is 0.673. The van der Waals surface area contributed by atoms with Crippen LogP contribution in [0.15, 0.2) is 199 Å². The molecule has 0 N–H and O–H groups in total. The maximum Gasteiger partial charge on any atom is 0.154 e. The minimum Gasteiger partial charge on any atom is -0.454 e. The Morgan fingerprint density at radius 3 is 1.84 bits per heavy atom. The summed E-state index contributed by atoms with van der Waals surface area (Å²) < 4.78 is 8.94. The van der Waals surface area contributed by atoms with Crippen LogP contribution in [0.3, 0.4) is 0 Å². The molecular weight excluding hydrogens is 689 g/mol. The van der Waals surface area contributed by atoms with Gasteiger partial charge in [0, 0.05) is 38.2 Å². The lowest BCUT2D eigenvalue weighted by Gasteiger charge is -2.45. The molecule has 2 aliphatic rings. The first kappa shape index (κ1) is 30.6. The van der Waals surface area contributed by atoms with E-state index in [9.17, 15) is 0 Å². The zero-order valence-electron chi connectivity index (χ0n) is 29.7. The van der Waals surface area contributed by atoms with Gasteiger partial charge in [0.05, 0.1) is 21.5 Å². The van der Waals surface area contributed by atoms with Gasteiger partial charge in [0.25, 0.3) is 0 Å². The molecular formula is C51H32N2OS. The Kier molecular flexibility index (Phi) is 6.42. The number of thiophene rings is 1. The van der Waals surface area contributed by atoms with E-state index >= 15 is 0 Å². The van der Waals surface area contributed by atoms with Gasteiger partial charge in [-0.05, 0) is 106 Å². The molecule has 4 heteroatoms. The molecule has 258 valence electrons. The minimum atomic E-state index is -0.497. The molecule has 0 amide bonds. The topological polar surface area (TPSA) is 19.6 Å². The molecule has 55 heavy (non-hydrogen) atoms. The van der Waals surface area contributed by atoms with Crippen LogP contribution in [0.25, 0.3) is 42.5 Å². The average Bonchev–Trinajstić information content (AvgIpc) is 3.89. The fourth-order valence-corrected chi connectivity index (χ4v) is 10.6. The van der Waals surface area contributed by atoms with E-state index in [0.717, 1.165) is 45.0 Å². The molecule has 10 aromatic rings. The third kappa shape index (κ3) is 4.20. The number of para-hydroxylation sites is 3. The zero-order chi connectivity index (χ0) is 36.1. The highest BCUT2D eigenvalue weighted by Gasteiger charge is 2.51. The largest absolute Gasteiger partial charge is 0.454 e. The molecule has 0 radical (unpaired) electrons. The van der Waals surface area contributed by atoms with Crippen LogP contribution in [-0.4, -0.2) is 0 Å². The first-order valence-electron chi connectivity index (χ1n) is 18.8. The molecule has 1 spiro atoms. The van der Waals surface area contributed by atoms with Crippen LogP contribution >= 0.6 is 11.3 Å². The van der Waals surface area contributed by atoms with Crippen molar-refractivity contribution in [3.05, 3.63) is 216 Å². The second-order valence-electron chi connectivity index (χ2n) is 14.4. The zero-order valence-corrected chi connectivity index (χ0v) is 30.5. The lowest BCUT2D eigenvalue weighted by Crippen LogP contribution is -2.36. The highest BCUT2D eigenvalue weighted by Crippen LogP contribution is 2.64. The van der Waals surface area contributed by atoms with E-state index in [1.165, 1.54) is 53.9 Å². The van der Waals surface area contributed by atoms with Crippen molar-refractivity contribution in [2.45, 2.75) is 5.41 Å². The highest BCUT2D eigenvalue weighted by atomic mass is 32.1. The second-order valence-corrected chi connectivity index (χ2v) is 15.5. The number of nitrogens with zero attached hydrogens (tertiary/aromatic N) is 2. The molecule has 0 saturated carbocycles. The van der Waals surface area contributed by atoms with E-state index in [-0.39, 0.29) is 0 Å². The maximum absolute atomic E-state index is 6.52. The van der Waals surface area contributed by atoms with Crippen molar-refractivity contribution in [3.63, 3.8) is 0 Å². The predicted octanol–water partition coefficient (Wildman–Crippen LogP) is 14.4. The molecule has 3 heterocycles. The maximum atomic E-state index is 6.52. The summed E-state index contributed by atoms with van der Waals surface area (Å²) >= 11 is 1.80. The standard InChI is InChI=1S/C51H32N2OS/c1-3-15-33(16-4-1)52(35-28-30-47-40(31-35)50-49(54-47)39-21-9-14-26-48(39)55-50)36-27-29-44-46(32-36)53(34-17-5-2-6-18-34)45-25-13-12-24-43(45)51(44)41-22-10-7-19-37(41)38-20-8-11-23-42(38)51/h1-32H. The van der Waals surface area contributed by atoms with Gasteiger partial charge in [-0.2, -0.15) is 0 Å². The van der Waals surface area contributed by atoms with Crippen molar-refractivity contribution in [3.8, 4) is 11.1 Å². The summed E-state index contributed by atoms with van der Waals surface area (Å²) in [6, 6.07) is 70.8. The third-order valence-corrected chi connectivity index (χ3v) is 12.8. The van der Waals surface area contributed by atoms with Gasteiger partial charge in [-0.25, -0.2) is 0 Å². The molecule has 1 aliphatic heterocycles. The Morgan fingerprint density at radius 2 is 1.05 bits per heavy atom. The first-order valence-corrected chi connectivity index (χ1v) is 19.6. The molecule has 0 atom stereocenters. The lowest BCUT2D eigenvalue weighted by atomic mass is 9.64. The fraction of sp³-hybridized carbons (Fsp3) is 0.0196. The van der Waals surface area contributed by atoms with E-state index in [0.29, 0.717) is 0 Å². The van der Waals surface area contributed by atoms with Gasteiger partial charge in [0.15, 0.2) is 5.58 Å². The van der Waals surface area contributed by atoms with E-state index in [2.05, 4.69) is 204 Å². The van der Waals surface area contributed by atoms with E-state index < -0.39 is 5.41 Å². The number of hydrogen-bond donors (Lipinski definition) is 0. The SMILES string of the molecule is c1ccc(N(c2ccc3c(c2)N(c2ccccc2)c2ccccc2C32c3ccccc3-c3ccccc32)c2ccc3oc4c5ccccc5sc4c3c2)cc1. The minimum absolute atomic E-state index is 0.497. The summed E-state index contributed by atoms with van der Waals surface area (Å²) in [5, 5.41) is 2.30. The summed E-state index contributed by atoms with van der Waals surface area (Å²) in [6.07, 6.45) is 0. The van der Waals surface area contributed by atoms with Crippen molar-refractivity contribution in [1.29, 1.82) is 0 Å². The van der Waals surface area contributed by atoms with Crippen molar-refractivity contribution in [2.24, 2.45) is 0 Å². The number of fused-ring (bicyclic) bond motifs is 14. The summed E-state index contributed by atoms with van der Waals surface area (Å²) in [4.78, 5) is 4.85. The quantitative estimate of drug-likeness (QED) is 0.180. The van der Waals surface area contributed by atoms with Gasteiger partial charge in [-0.15, -0.1) is 11.3 Å². The molecule has 3 nitrogen and oxygen atoms in total. The molecule has 0 fully saturated rings. The molecule has 0 unspecified atom stereocenters. The number of furan rings is 1. The van der Waals surface area contributed by atoms with Crippen molar-refractivity contribution >= 4 is 76.8 Å². The van der Waals surface area contributed by atoms with Crippen LogP contribution < -0.4 is 9.80 Å². The van der Waals surface area contributed by atoms with E-state index in [4.69, 9.17) is 4.42 Å². The third-order valence-electron chi connectivity index (χ3n) is 11.6. The monoisotopic (exact) mass is 720 g/mol. The van der Waals surface area contributed by atoms with Crippen LogP contribution in [0.1, 0.15) is 22.3 Å². The summed E-state index contributed by atoms with van der Waals surface area (Å²) in [5.74, 6) is 0. The summed E-state index contributed by atoms with van der Waals surface area (Å²) in [7, 11) is 0. The van der Waals surface area contributed by atoms with Crippen LogP contribution in [0.5, 0.6) is 0 Å².